The normalized spacial score (nSPS) is 25.6. The van der Waals surface area contributed by atoms with E-state index in [1.807, 2.05) is 13.0 Å². The van der Waals surface area contributed by atoms with Crippen LogP contribution in [0.2, 0.25) is 0 Å². The standard InChI is InChI=1S/C15H21NO3S/c1-4-10-8-11(20-9(10)2)13(17)16-12-6-5-7-15(12,3)14(18)19/h8,12H,4-7H2,1-3H3,(H,16,17)(H,18,19). The number of carbonyl (C=O) groups excluding carboxylic acids is 1. The van der Waals surface area contributed by atoms with Gasteiger partial charge in [0, 0.05) is 10.9 Å². The lowest BCUT2D eigenvalue weighted by Crippen LogP contribution is -2.46. The fourth-order valence-electron chi connectivity index (χ4n) is 2.87. The summed E-state index contributed by atoms with van der Waals surface area (Å²) in [6.45, 7) is 5.80. The first-order chi connectivity index (χ1) is 9.38. The fraction of sp³-hybridized carbons (Fsp3) is 0.600. The fourth-order valence-corrected chi connectivity index (χ4v) is 3.88. The van der Waals surface area contributed by atoms with E-state index in [2.05, 4.69) is 12.2 Å². The van der Waals surface area contributed by atoms with E-state index in [-0.39, 0.29) is 11.9 Å². The van der Waals surface area contributed by atoms with Crippen LogP contribution in [0.5, 0.6) is 0 Å². The topological polar surface area (TPSA) is 66.4 Å². The lowest BCUT2D eigenvalue weighted by Gasteiger charge is -2.27. The lowest BCUT2D eigenvalue weighted by atomic mass is 9.85. The minimum absolute atomic E-state index is 0.142. The van der Waals surface area contributed by atoms with Gasteiger partial charge in [-0.2, -0.15) is 0 Å². The summed E-state index contributed by atoms with van der Waals surface area (Å²) in [5.41, 5.74) is 0.350. The van der Waals surface area contributed by atoms with Crippen LogP contribution in [0.15, 0.2) is 6.07 Å². The van der Waals surface area contributed by atoms with Gasteiger partial charge in [0.2, 0.25) is 0 Å². The van der Waals surface area contributed by atoms with Crippen molar-refractivity contribution in [3.8, 4) is 0 Å². The molecule has 0 bridgehead atoms. The average molecular weight is 295 g/mol. The molecule has 1 fully saturated rings. The number of hydrogen-bond acceptors (Lipinski definition) is 3. The van der Waals surface area contributed by atoms with Crippen LogP contribution in [0.3, 0.4) is 0 Å². The zero-order valence-electron chi connectivity index (χ0n) is 12.2. The number of thiophene rings is 1. The number of amides is 1. The van der Waals surface area contributed by atoms with Crippen molar-refractivity contribution in [1.29, 1.82) is 0 Å². The molecule has 0 aliphatic heterocycles. The molecule has 1 aliphatic carbocycles. The molecule has 1 aromatic heterocycles. The van der Waals surface area contributed by atoms with Crippen molar-refractivity contribution in [2.24, 2.45) is 5.41 Å². The first-order valence-electron chi connectivity index (χ1n) is 7.02. The van der Waals surface area contributed by atoms with E-state index in [1.165, 1.54) is 16.9 Å². The molecular formula is C15H21NO3S. The Morgan fingerprint density at radius 1 is 1.55 bits per heavy atom. The van der Waals surface area contributed by atoms with E-state index in [9.17, 15) is 14.7 Å². The Balaban J connectivity index is 2.13. The highest BCUT2D eigenvalue weighted by Gasteiger charge is 2.46. The van der Waals surface area contributed by atoms with Crippen molar-refractivity contribution >= 4 is 23.2 Å². The predicted molar refractivity (Wildman–Crippen MR) is 79.3 cm³/mol. The zero-order chi connectivity index (χ0) is 14.9. The summed E-state index contributed by atoms with van der Waals surface area (Å²) in [4.78, 5) is 25.5. The Labute approximate surface area is 123 Å². The first kappa shape index (κ1) is 15.0. The summed E-state index contributed by atoms with van der Waals surface area (Å²) in [6, 6.07) is 1.64. The monoisotopic (exact) mass is 295 g/mol. The molecule has 2 atom stereocenters. The van der Waals surface area contributed by atoms with Gasteiger partial charge in [-0.05, 0) is 44.7 Å². The summed E-state index contributed by atoms with van der Waals surface area (Å²) in [5, 5.41) is 12.3. The molecular weight excluding hydrogens is 274 g/mol. The second kappa shape index (κ2) is 5.56. The van der Waals surface area contributed by atoms with Crippen LogP contribution >= 0.6 is 11.3 Å². The molecule has 1 heterocycles. The summed E-state index contributed by atoms with van der Waals surface area (Å²) >= 11 is 1.48. The number of rotatable bonds is 4. The SMILES string of the molecule is CCc1cc(C(=O)NC2CCCC2(C)C(=O)O)sc1C. The second-order valence-corrected chi connectivity index (χ2v) is 6.94. The highest BCUT2D eigenvalue weighted by atomic mass is 32.1. The van der Waals surface area contributed by atoms with Gasteiger partial charge in [-0.1, -0.05) is 13.3 Å². The second-order valence-electron chi connectivity index (χ2n) is 5.69. The quantitative estimate of drug-likeness (QED) is 0.897. The van der Waals surface area contributed by atoms with Gasteiger partial charge in [0.25, 0.3) is 5.91 Å². The number of carboxylic acid groups (broad SMARTS) is 1. The van der Waals surface area contributed by atoms with Gasteiger partial charge in [0.05, 0.1) is 10.3 Å². The molecule has 2 unspecified atom stereocenters. The van der Waals surface area contributed by atoms with E-state index in [0.29, 0.717) is 11.3 Å². The Morgan fingerprint density at radius 3 is 2.80 bits per heavy atom. The van der Waals surface area contributed by atoms with Gasteiger partial charge >= 0.3 is 5.97 Å². The van der Waals surface area contributed by atoms with Crippen molar-refractivity contribution in [1.82, 2.24) is 5.32 Å². The number of nitrogens with one attached hydrogen (secondary N) is 1. The molecule has 0 radical (unpaired) electrons. The predicted octanol–water partition coefficient (Wildman–Crippen LogP) is 2.99. The van der Waals surface area contributed by atoms with Crippen molar-refractivity contribution < 1.29 is 14.7 Å². The van der Waals surface area contributed by atoms with Crippen LogP contribution in [-0.2, 0) is 11.2 Å². The van der Waals surface area contributed by atoms with Crippen molar-refractivity contribution in [2.45, 2.75) is 52.5 Å². The molecule has 20 heavy (non-hydrogen) atoms. The van der Waals surface area contributed by atoms with Crippen molar-refractivity contribution in [2.75, 3.05) is 0 Å². The Bertz CT molecular complexity index is 537. The van der Waals surface area contributed by atoms with E-state index in [0.717, 1.165) is 24.1 Å². The van der Waals surface area contributed by atoms with Crippen molar-refractivity contribution in [3.05, 3.63) is 21.4 Å². The molecule has 1 aromatic rings. The summed E-state index contributed by atoms with van der Waals surface area (Å²) in [5.74, 6) is -0.964. The Hall–Kier alpha value is -1.36. The number of aliphatic carboxylic acids is 1. The highest BCUT2D eigenvalue weighted by molar-refractivity contribution is 7.14. The molecule has 2 rings (SSSR count). The third-order valence-corrected chi connectivity index (χ3v) is 5.47. The van der Waals surface area contributed by atoms with E-state index in [4.69, 9.17) is 0 Å². The number of hydrogen-bond donors (Lipinski definition) is 2. The van der Waals surface area contributed by atoms with Gasteiger partial charge in [-0.15, -0.1) is 11.3 Å². The number of carboxylic acids is 1. The van der Waals surface area contributed by atoms with E-state index < -0.39 is 11.4 Å². The first-order valence-corrected chi connectivity index (χ1v) is 7.83. The van der Waals surface area contributed by atoms with Crippen LogP contribution in [0.4, 0.5) is 0 Å². The molecule has 1 saturated carbocycles. The Morgan fingerprint density at radius 2 is 2.25 bits per heavy atom. The molecule has 1 amide bonds. The van der Waals surface area contributed by atoms with Crippen LogP contribution in [0, 0.1) is 12.3 Å². The van der Waals surface area contributed by atoms with Crippen LogP contribution in [-0.4, -0.2) is 23.0 Å². The third-order valence-electron chi connectivity index (χ3n) is 4.38. The van der Waals surface area contributed by atoms with Gasteiger partial charge in [-0.25, -0.2) is 0 Å². The largest absolute Gasteiger partial charge is 0.481 e. The Kier molecular flexibility index (Phi) is 4.18. The maximum atomic E-state index is 12.3. The number of carbonyl (C=O) groups is 2. The summed E-state index contributed by atoms with van der Waals surface area (Å²) in [6.07, 6.45) is 3.11. The minimum atomic E-state index is -0.838. The molecule has 0 saturated heterocycles. The minimum Gasteiger partial charge on any atom is -0.481 e. The van der Waals surface area contributed by atoms with Crippen LogP contribution < -0.4 is 5.32 Å². The maximum Gasteiger partial charge on any atom is 0.311 e. The third kappa shape index (κ3) is 2.59. The molecule has 4 nitrogen and oxygen atoms in total. The molecule has 5 heteroatoms. The smallest absolute Gasteiger partial charge is 0.311 e. The molecule has 1 aliphatic rings. The molecule has 2 N–H and O–H groups in total. The van der Waals surface area contributed by atoms with E-state index >= 15 is 0 Å². The molecule has 0 spiro atoms. The van der Waals surface area contributed by atoms with Gasteiger partial charge in [0.15, 0.2) is 0 Å². The molecule has 0 aromatic carbocycles. The summed E-state index contributed by atoms with van der Waals surface area (Å²) in [7, 11) is 0. The van der Waals surface area contributed by atoms with Gasteiger partial charge in [0.1, 0.15) is 0 Å². The zero-order valence-corrected chi connectivity index (χ0v) is 13.0. The summed E-state index contributed by atoms with van der Waals surface area (Å²) < 4.78 is 0. The van der Waals surface area contributed by atoms with Crippen molar-refractivity contribution in [3.63, 3.8) is 0 Å². The highest BCUT2D eigenvalue weighted by Crippen LogP contribution is 2.38. The van der Waals surface area contributed by atoms with Crippen LogP contribution in [0.1, 0.15) is 53.2 Å². The lowest BCUT2D eigenvalue weighted by molar-refractivity contribution is -0.148. The molecule has 110 valence electrons. The van der Waals surface area contributed by atoms with E-state index in [1.54, 1.807) is 6.92 Å². The number of aryl methyl sites for hydroxylation is 2. The average Bonchev–Trinajstić information content (AvgIpc) is 2.94. The van der Waals surface area contributed by atoms with Crippen LogP contribution in [0.25, 0.3) is 0 Å². The maximum absolute atomic E-state index is 12.3. The van der Waals surface area contributed by atoms with Gasteiger partial charge < -0.3 is 10.4 Å². The van der Waals surface area contributed by atoms with Gasteiger partial charge in [-0.3, -0.25) is 9.59 Å².